The number of anilines is 1. The van der Waals surface area contributed by atoms with E-state index < -0.39 is 0 Å². The molecule has 1 fully saturated rings. The van der Waals surface area contributed by atoms with Gasteiger partial charge in [0.25, 0.3) is 5.91 Å². The van der Waals surface area contributed by atoms with Crippen LogP contribution in [0.15, 0.2) is 36.7 Å². The van der Waals surface area contributed by atoms with Gasteiger partial charge >= 0.3 is 0 Å². The molecular weight excluding hydrogens is 416 g/mol. The van der Waals surface area contributed by atoms with Crippen LogP contribution in [0.2, 0.25) is 0 Å². The van der Waals surface area contributed by atoms with Crippen molar-refractivity contribution in [1.29, 1.82) is 0 Å². The average molecular weight is 447 g/mol. The molecule has 2 aliphatic rings. The van der Waals surface area contributed by atoms with Gasteiger partial charge in [-0.15, -0.1) is 0 Å². The van der Waals surface area contributed by atoms with Gasteiger partial charge in [-0.3, -0.25) is 9.48 Å². The number of likely N-dealkylation sites (tertiary alicyclic amines) is 1. The second kappa shape index (κ2) is 8.84. The zero-order valence-corrected chi connectivity index (χ0v) is 19.5. The van der Waals surface area contributed by atoms with Crippen molar-refractivity contribution in [2.24, 2.45) is 7.05 Å². The van der Waals surface area contributed by atoms with Crippen LogP contribution in [0.4, 0.5) is 5.82 Å². The van der Waals surface area contributed by atoms with Crippen LogP contribution in [0.1, 0.15) is 58.3 Å². The summed E-state index contributed by atoms with van der Waals surface area (Å²) in [6.07, 6.45) is 7.27. The minimum Gasteiger partial charge on any atom is -0.496 e. The van der Waals surface area contributed by atoms with E-state index in [4.69, 9.17) is 14.7 Å². The lowest BCUT2D eigenvalue weighted by atomic mass is 10.0. The summed E-state index contributed by atoms with van der Waals surface area (Å²) in [5.41, 5.74) is 3.97. The van der Waals surface area contributed by atoms with E-state index in [1.54, 1.807) is 24.2 Å². The number of methoxy groups -OCH3 is 1. The summed E-state index contributed by atoms with van der Waals surface area (Å²) < 4.78 is 7.24. The molecule has 0 unspecified atom stereocenters. The first-order valence-corrected chi connectivity index (χ1v) is 11.6. The van der Waals surface area contributed by atoms with Crippen LogP contribution < -0.4 is 9.64 Å². The first kappa shape index (κ1) is 21.4. The number of fused-ring (bicyclic) bond motifs is 1. The minimum atomic E-state index is -0.114. The molecule has 0 saturated carbocycles. The third-order valence-corrected chi connectivity index (χ3v) is 6.68. The molecule has 0 radical (unpaired) electrons. The van der Waals surface area contributed by atoms with E-state index in [-0.39, 0.29) is 11.9 Å². The Morgan fingerprint density at radius 1 is 1.18 bits per heavy atom. The predicted octanol–water partition coefficient (Wildman–Crippen LogP) is 3.46. The Morgan fingerprint density at radius 2 is 2.03 bits per heavy atom. The highest BCUT2D eigenvalue weighted by Crippen LogP contribution is 2.36. The van der Waals surface area contributed by atoms with E-state index in [0.717, 1.165) is 67.4 Å². The van der Waals surface area contributed by atoms with Crippen molar-refractivity contribution in [2.75, 3.05) is 25.1 Å². The number of rotatable bonds is 5. The number of aryl methyl sites for hydroxylation is 2. The Bertz CT molecular complexity index is 1170. The zero-order valence-electron chi connectivity index (χ0n) is 19.5. The maximum Gasteiger partial charge on any atom is 0.257 e. The van der Waals surface area contributed by atoms with Gasteiger partial charge in [0.2, 0.25) is 0 Å². The number of hydrogen-bond donors (Lipinski definition) is 0. The van der Waals surface area contributed by atoms with Gasteiger partial charge in [-0.05, 0) is 38.7 Å². The third-order valence-electron chi connectivity index (χ3n) is 6.68. The Hall–Kier alpha value is -3.42. The molecule has 2 aliphatic heterocycles. The second-order valence-electron chi connectivity index (χ2n) is 8.87. The van der Waals surface area contributed by atoms with Crippen LogP contribution in [0.5, 0.6) is 5.75 Å². The van der Waals surface area contributed by atoms with Crippen LogP contribution in [0.25, 0.3) is 0 Å². The fraction of sp³-hybridized carbons (Fsp3) is 0.440. The Labute approximate surface area is 194 Å². The van der Waals surface area contributed by atoms with Gasteiger partial charge in [-0.2, -0.15) is 5.10 Å². The minimum absolute atomic E-state index is 0.00421. The molecule has 172 valence electrons. The lowest BCUT2D eigenvalue weighted by Gasteiger charge is -2.32. The van der Waals surface area contributed by atoms with Gasteiger partial charge in [0.15, 0.2) is 5.82 Å². The Kier molecular flexibility index (Phi) is 5.74. The highest BCUT2D eigenvalue weighted by molar-refractivity contribution is 5.94. The number of ether oxygens (including phenoxy) is 1. The standard InChI is InChI=1S/C25H30N6O2/c1-17-20-9-6-12-30(16-18-8-4-5-11-22(18)33-3)24(20)28-23(27-17)21-10-7-13-31(21)25(32)19-14-26-29(2)15-19/h4-5,8,11,14-15,21H,6-7,9-10,12-13,16H2,1-3H3/t21-/m0/s1. The molecule has 33 heavy (non-hydrogen) atoms. The highest BCUT2D eigenvalue weighted by Gasteiger charge is 2.34. The van der Waals surface area contributed by atoms with Gasteiger partial charge in [0.1, 0.15) is 11.6 Å². The molecule has 0 aliphatic carbocycles. The normalized spacial score (nSPS) is 17.8. The lowest BCUT2D eigenvalue weighted by Crippen LogP contribution is -2.34. The number of hydrogen-bond acceptors (Lipinski definition) is 6. The molecule has 4 heterocycles. The van der Waals surface area contributed by atoms with E-state index in [1.807, 2.05) is 30.1 Å². The molecule has 1 aromatic carbocycles. The largest absolute Gasteiger partial charge is 0.496 e. The summed E-state index contributed by atoms with van der Waals surface area (Å²) in [6.45, 7) is 4.45. The second-order valence-corrected chi connectivity index (χ2v) is 8.87. The van der Waals surface area contributed by atoms with Gasteiger partial charge in [0.05, 0.1) is 24.9 Å². The maximum atomic E-state index is 13.2. The fourth-order valence-electron chi connectivity index (χ4n) is 5.03. The molecule has 1 atom stereocenters. The van der Waals surface area contributed by atoms with Crippen molar-refractivity contribution in [2.45, 2.75) is 45.2 Å². The van der Waals surface area contributed by atoms with Crippen LogP contribution in [0.3, 0.4) is 0 Å². The molecule has 3 aromatic rings. The zero-order chi connectivity index (χ0) is 22.9. The third kappa shape index (κ3) is 4.05. The van der Waals surface area contributed by atoms with Gasteiger partial charge in [-0.1, -0.05) is 18.2 Å². The molecule has 0 N–H and O–H groups in total. The lowest BCUT2D eigenvalue weighted by molar-refractivity contribution is 0.0729. The van der Waals surface area contributed by atoms with Crippen molar-refractivity contribution >= 4 is 11.7 Å². The number of nitrogens with zero attached hydrogens (tertiary/aromatic N) is 6. The topological polar surface area (TPSA) is 76.4 Å². The van der Waals surface area contributed by atoms with Crippen molar-refractivity contribution in [3.63, 3.8) is 0 Å². The van der Waals surface area contributed by atoms with E-state index in [1.165, 1.54) is 5.56 Å². The molecule has 1 amide bonds. The summed E-state index contributed by atoms with van der Waals surface area (Å²) in [6, 6.07) is 8.02. The number of aromatic nitrogens is 4. The summed E-state index contributed by atoms with van der Waals surface area (Å²) in [7, 11) is 3.53. The smallest absolute Gasteiger partial charge is 0.257 e. The number of carbonyl (C=O) groups is 1. The number of amides is 1. The SMILES string of the molecule is COc1ccccc1CN1CCCc2c(C)nc([C@@H]3CCCN3C(=O)c3cnn(C)c3)nc21. The van der Waals surface area contributed by atoms with Crippen LogP contribution in [-0.2, 0) is 20.0 Å². The summed E-state index contributed by atoms with van der Waals surface area (Å²) >= 11 is 0. The van der Waals surface area contributed by atoms with Gasteiger partial charge < -0.3 is 14.5 Å². The molecule has 0 spiro atoms. The summed E-state index contributed by atoms with van der Waals surface area (Å²) in [5, 5.41) is 4.16. The molecule has 8 nitrogen and oxygen atoms in total. The highest BCUT2D eigenvalue weighted by atomic mass is 16.5. The molecule has 1 saturated heterocycles. The van der Waals surface area contributed by atoms with Crippen molar-refractivity contribution in [3.05, 3.63) is 64.9 Å². The van der Waals surface area contributed by atoms with Crippen LogP contribution >= 0.6 is 0 Å². The van der Waals surface area contributed by atoms with Crippen molar-refractivity contribution < 1.29 is 9.53 Å². The molecule has 0 bridgehead atoms. The van der Waals surface area contributed by atoms with E-state index in [2.05, 4.69) is 23.0 Å². The summed E-state index contributed by atoms with van der Waals surface area (Å²) in [4.78, 5) is 27.4. The fourth-order valence-corrected chi connectivity index (χ4v) is 5.03. The maximum absolute atomic E-state index is 13.2. The van der Waals surface area contributed by atoms with E-state index in [0.29, 0.717) is 12.1 Å². The van der Waals surface area contributed by atoms with Gasteiger partial charge in [0, 0.05) is 49.7 Å². The Morgan fingerprint density at radius 3 is 2.82 bits per heavy atom. The van der Waals surface area contributed by atoms with E-state index in [9.17, 15) is 4.79 Å². The number of benzene rings is 1. The average Bonchev–Trinajstić information content (AvgIpc) is 3.49. The van der Waals surface area contributed by atoms with Crippen LogP contribution in [-0.4, -0.2) is 50.8 Å². The molecule has 5 rings (SSSR count). The van der Waals surface area contributed by atoms with Crippen molar-refractivity contribution in [3.8, 4) is 5.75 Å². The first-order valence-electron chi connectivity index (χ1n) is 11.6. The number of para-hydroxylation sites is 1. The predicted molar refractivity (Wildman–Crippen MR) is 125 cm³/mol. The van der Waals surface area contributed by atoms with Crippen molar-refractivity contribution in [1.82, 2.24) is 24.6 Å². The van der Waals surface area contributed by atoms with Gasteiger partial charge in [-0.25, -0.2) is 9.97 Å². The number of carbonyl (C=O) groups excluding carboxylic acids is 1. The molecule has 8 heteroatoms. The quantitative estimate of drug-likeness (QED) is 0.598. The summed E-state index contributed by atoms with van der Waals surface area (Å²) in [5.74, 6) is 2.62. The Balaban J connectivity index is 1.47. The van der Waals surface area contributed by atoms with Crippen LogP contribution in [0, 0.1) is 6.92 Å². The first-order chi connectivity index (χ1) is 16.0. The molecular formula is C25H30N6O2. The molecule has 2 aromatic heterocycles. The van der Waals surface area contributed by atoms with E-state index >= 15 is 0 Å². The monoisotopic (exact) mass is 446 g/mol.